The lowest BCUT2D eigenvalue weighted by Crippen LogP contribution is -1.83. The Morgan fingerprint density at radius 3 is 2.36 bits per heavy atom. The Bertz CT molecular complexity index is 283. The van der Waals surface area contributed by atoms with Crippen molar-refractivity contribution in [3.63, 3.8) is 0 Å². The number of hydrogen-bond acceptors (Lipinski definition) is 3. The summed E-state index contributed by atoms with van der Waals surface area (Å²) in [6, 6.07) is 7.25. The number of nitrogens with zero attached hydrogens (tertiary/aromatic N) is 2. The molecule has 0 fully saturated rings. The largest absolute Gasteiger partial charge is 0.399 e. The second-order valence-electron chi connectivity index (χ2n) is 1.77. The molecule has 0 saturated heterocycles. The molecule has 0 aliphatic heterocycles. The van der Waals surface area contributed by atoms with Gasteiger partial charge in [-0.2, -0.15) is 0 Å². The van der Waals surface area contributed by atoms with Gasteiger partial charge in [-0.25, -0.2) is 0 Å². The monoisotopic (exact) mass is 145 g/mol. The van der Waals surface area contributed by atoms with Crippen molar-refractivity contribution in [1.82, 2.24) is 0 Å². The molecule has 3 heteroatoms. The third kappa shape index (κ3) is 2.88. The van der Waals surface area contributed by atoms with Crippen LogP contribution in [0.1, 0.15) is 5.56 Å². The number of terminal acetylenes is 1. The highest BCUT2D eigenvalue weighted by Crippen LogP contribution is 2.03. The van der Waals surface area contributed by atoms with Gasteiger partial charge in [0.05, 0.1) is 0 Å². The van der Waals surface area contributed by atoms with E-state index in [4.69, 9.17) is 22.9 Å². The number of nitrogen functional groups attached to an aromatic ring is 1. The van der Waals surface area contributed by atoms with Crippen molar-refractivity contribution in [2.45, 2.75) is 0 Å². The number of rotatable bonds is 0. The molecular weight excluding hydrogens is 138 g/mol. The van der Waals surface area contributed by atoms with Crippen LogP contribution in [-0.4, -0.2) is 0 Å². The van der Waals surface area contributed by atoms with E-state index in [0.29, 0.717) is 5.69 Å². The first kappa shape index (κ1) is 9.00. The van der Waals surface area contributed by atoms with E-state index in [1.165, 1.54) is 0 Å². The molecular formula is C8H7N3. The van der Waals surface area contributed by atoms with E-state index in [1.807, 2.05) is 12.1 Å². The van der Waals surface area contributed by atoms with Gasteiger partial charge in [0.15, 0.2) is 0 Å². The fourth-order valence-corrected chi connectivity index (χ4v) is 0.628. The number of benzene rings is 1. The van der Waals surface area contributed by atoms with Crippen LogP contribution in [0.2, 0.25) is 0 Å². The molecule has 0 aromatic heterocycles. The topological polar surface area (TPSA) is 73.6 Å². The summed E-state index contributed by atoms with van der Waals surface area (Å²) in [4.78, 5) is 0. The molecule has 0 unspecified atom stereocenters. The lowest BCUT2D eigenvalue weighted by molar-refractivity contribution is 1.15. The van der Waals surface area contributed by atoms with E-state index in [2.05, 4.69) is 5.92 Å². The average Bonchev–Trinajstić information content (AvgIpc) is 2.08. The minimum absolute atomic E-state index is 0.713. The van der Waals surface area contributed by atoms with Gasteiger partial charge in [0.1, 0.15) is 0 Å². The quantitative estimate of drug-likeness (QED) is 0.339. The summed E-state index contributed by atoms with van der Waals surface area (Å²) in [5, 5.41) is 12.0. The maximum absolute atomic E-state index is 6.00. The first-order valence-electron chi connectivity index (χ1n) is 2.85. The maximum Gasteiger partial charge on any atom is 0.0326 e. The molecule has 11 heavy (non-hydrogen) atoms. The van der Waals surface area contributed by atoms with Gasteiger partial charge < -0.3 is 5.73 Å². The highest BCUT2D eigenvalue weighted by Gasteiger charge is 1.84. The smallest absolute Gasteiger partial charge is 0.0326 e. The molecule has 1 aromatic carbocycles. The second kappa shape index (κ2) is 4.84. The van der Waals surface area contributed by atoms with Crippen molar-refractivity contribution in [3.05, 3.63) is 29.8 Å². The Kier molecular flexibility index (Phi) is 3.96. The second-order valence-corrected chi connectivity index (χ2v) is 1.77. The van der Waals surface area contributed by atoms with Crippen molar-refractivity contribution in [2.75, 3.05) is 5.73 Å². The first-order chi connectivity index (χ1) is 5.33. The predicted molar refractivity (Wildman–Crippen MR) is 42.2 cm³/mol. The Balaban J connectivity index is 0.000000461. The molecule has 0 radical (unpaired) electrons. The summed E-state index contributed by atoms with van der Waals surface area (Å²) in [5.41, 5.74) is 6.98. The van der Waals surface area contributed by atoms with E-state index in [0.717, 1.165) is 5.56 Å². The highest BCUT2D eigenvalue weighted by molar-refractivity contribution is 5.46. The Morgan fingerprint density at radius 2 is 2.00 bits per heavy atom. The van der Waals surface area contributed by atoms with Crippen LogP contribution in [-0.2, 0) is 0 Å². The van der Waals surface area contributed by atoms with Gasteiger partial charge in [0, 0.05) is 22.0 Å². The van der Waals surface area contributed by atoms with Crippen molar-refractivity contribution in [1.29, 1.82) is 10.8 Å². The van der Waals surface area contributed by atoms with Crippen LogP contribution in [0.25, 0.3) is 0 Å². The Morgan fingerprint density at radius 1 is 1.36 bits per heavy atom. The van der Waals surface area contributed by atoms with Gasteiger partial charge in [0.25, 0.3) is 0 Å². The SMILES string of the molecule is C#Cc1cccc(N)c1.N#N. The summed E-state index contributed by atoms with van der Waals surface area (Å²) in [6.45, 7) is 0. The maximum atomic E-state index is 6.00. The first-order valence-corrected chi connectivity index (χ1v) is 2.85. The van der Waals surface area contributed by atoms with Gasteiger partial charge in [0.2, 0.25) is 0 Å². The molecule has 0 saturated carbocycles. The molecule has 0 aliphatic carbocycles. The molecule has 1 rings (SSSR count). The zero-order valence-electron chi connectivity index (χ0n) is 5.86. The van der Waals surface area contributed by atoms with Gasteiger partial charge in [-0.15, -0.1) is 6.42 Å². The Labute approximate surface area is 65.3 Å². The zero-order valence-corrected chi connectivity index (χ0v) is 5.86. The lowest BCUT2D eigenvalue weighted by atomic mass is 10.2. The number of hydrogen-bond donors (Lipinski definition) is 1. The predicted octanol–water partition coefficient (Wildman–Crippen LogP) is 1.28. The fourth-order valence-electron chi connectivity index (χ4n) is 0.628. The van der Waals surface area contributed by atoms with Gasteiger partial charge in [-0.1, -0.05) is 12.0 Å². The molecule has 3 nitrogen and oxygen atoms in total. The molecule has 0 atom stereocenters. The normalized spacial score (nSPS) is 7.00. The minimum Gasteiger partial charge on any atom is -0.399 e. The molecule has 54 valence electrons. The van der Waals surface area contributed by atoms with Crippen molar-refractivity contribution < 1.29 is 0 Å². The molecule has 0 heterocycles. The number of nitrogens with two attached hydrogens (primary N) is 1. The molecule has 0 amide bonds. The van der Waals surface area contributed by atoms with Crippen molar-refractivity contribution in [3.8, 4) is 12.3 Å². The van der Waals surface area contributed by atoms with E-state index >= 15 is 0 Å². The van der Waals surface area contributed by atoms with Crippen LogP contribution >= 0.6 is 0 Å². The summed E-state index contributed by atoms with van der Waals surface area (Å²) in [5.74, 6) is 2.49. The molecule has 1 aromatic rings. The molecule has 2 N–H and O–H groups in total. The van der Waals surface area contributed by atoms with Crippen LogP contribution in [0.4, 0.5) is 5.69 Å². The summed E-state index contributed by atoms with van der Waals surface area (Å²) in [6.07, 6.45) is 5.11. The van der Waals surface area contributed by atoms with Crippen LogP contribution in [0.3, 0.4) is 0 Å². The molecule has 0 aliphatic rings. The molecule has 0 bridgehead atoms. The van der Waals surface area contributed by atoms with Crippen LogP contribution in [0.15, 0.2) is 24.3 Å². The number of anilines is 1. The van der Waals surface area contributed by atoms with Crippen molar-refractivity contribution >= 4 is 5.69 Å². The van der Waals surface area contributed by atoms with E-state index in [9.17, 15) is 0 Å². The summed E-state index contributed by atoms with van der Waals surface area (Å²) >= 11 is 0. The van der Waals surface area contributed by atoms with Gasteiger partial charge in [-0.05, 0) is 18.2 Å². The lowest BCUT2D eigenvalue weighted by Gasteiger charge is -1.90. The zero-order chi connectivity index (χ0) is 8.69. The van der Waals surface area contributed by atoms with Crippen LogP contribution in [0, 0.1) is 23.1 Å². The van der Waals surface area contributed by atoms with Crippen molar-refractivity contribution in [2.24, 2.45) is 0 Å². The highest BCUT2D eigenvalue weighted by atomic mass is 14.6. The fraction of sp³-hybridized carbons (Fsp3) is 0. The average molecular weight is 145 g/mol. The van der Waals surface area contributed by atoms with E-state index in [-0.39, 0.29) is 0 Å². The van der Waals surface area contributed by atoms with E-state index in [1.54, 1.807) is 12.1 Å². The summed E-state index contributed by atoms with van der Waals surface area (Å²) in [7, 11) is 0. The third-order valence-electron chi connectivity index (χ3n) is 1.05. The van der Waals surface area contributed by atoms with Gasteiger partial charge in [-0.3, -0.25) is 0 Å². The Hall–Kier alpha value is -2.00. The van der Waals surface area contributed by atoms with Crippen LogP contribution in [0.5, 0.6) is 0 Å². The third-order valence-corrected chi connectivity index (χ3v) is 1.05. The van der Waals surface area contributed by atoms with E-state index < -0.39 is 0 Å². The minimum atomic E-state index is 0.713. The molecule has 0 spiro atoms. The van der Waals surface area contributed by atoms with Gasteiger partial charge >= 0.3 is 0 Å². The summed E-state index contributed by atoms with van der Waals surface area (Å²) < 4.78 is 0. The standard InChI is InChI=1S/C8H7N.N2/c1-2-7-4-3-5-8(9)6-7;1-2/h1,3-6H,9H2;. The van der Waals surface area contributed by atoms with Crippen LogP contribution < -0.4 is 5.73 Å².